The number of benzene rings is 1. The highest BCUT2D eigenvalue weighted by Crippen LogP contribution is 2.41. The van der Waals surface area contributed by atoms with E-state index >= 15 is 0 Å². The third-order valence-corrected chi connectivity index (χ3v) is 6.12. The molecule has 0 N–H and O–H groups in total. The van der Waals surface area contributed by atoms with E-state index in [-0.39, 0.29) is 27.3 Å². The zero-order valence-electron chi connectivity index (χ0n) is 11.2. The number of halogens is 3. The Kier molecular flexibility index (Phi) is 5.93. The molecule has 20 heavy (non-hydrogen) atoms. The Morgan fingerprint density at radius 2 is 1.75 bits per heavy atom. The number of sulfone groups is 1. The standard InChI is InChI=1S/C13H15Cl2NO2S.ClH/c1-3-16(4-2)8-10-7-9-5-6-11(14)12(15)13(9)19(10,17)18;/h5-7H,3-4,8H2,1-2H3;1H. The molecule has 0 bridgehead atoms. The minimum absolute atomic E-state index is 0. The molecule has 1 aromatic carbocycles. The number of hydrogen-bond donors (Lipinski definition) is 0. The van der Waals surface area contributed by atoms with Crippen LogP contribution in [0.15, 0.2) is 21.9 Å². The first-order valence-corrected chi connectivity index (χ1v) is 8.31. The van der Waals surface area contributed by atoms with Gasteiger partial charge in [-0.1, -0.05) is 43.1 Å². The van der Waals surface area contributed by atoms with Crippen molar-refractivity contribution >= 4 is 51.5 Å². The normalized spacial score (nSPS) is 15.8. The predicted octanol–water partition coefficient (Wildman–Crippen LogP) is 3.89. The van der Waals surface area contributed by atoms with Gasteiger partial charge in [-0.2, -0.15) is 0 Å². The Balaban J connectivity index is 0.00000200. The molecule has 1 aromatic rings. The Morgan fingerprint density at radius 1 is 1.15 bits per heavy atom. The van der Waals surface area contributed by atoms with Gasteiger partial charge >= 0.3 is 0 Å². The third kappa shape index (κ3) is 3.00. The van der Waals surface area contributed by atoms with Crippen LogP contribution in [-0.4, -0.2) is 33.0 Å². The Bertz CT molecular complexity index is 637. The molecule has 1 heterocycles. The summed E-state index contributed by atoms with van der Waals surface area (Å²) >= 11 is 11.9. The monoisotopic (exact) mass is 355 g/mol. The van der Waals surface area contributed by atoms with Crippen molar-refractivity contribution in [1.82, 2.24) is 4.90 Å². The van der Waals surface area contributed by atoms with Gasteiger partial charge in [-0.15, -0.1) is 12.4 Å². The molecule has 0 unspecified atom stereocenters. The van der Waals surface area contributed by atoms with Crippen molar-refractivity contribution in [2.75, 3.05) is 19.6 Å². The van der Waals surface area contributed by atoms with Crippen molar-refractivity contribution in [1.29, 1.82) is 0 Å². The van der Waals surface area contributed by atoms with Crippen LogP contribution >= 0.6 is 35.6 Å². The summed E-state index contributed by atoms with van der Waals surface area (Å²) < 4.78 is 25.0. The van der Waals surface area contributed by atoms with Crippen LogP contribution in [0.4, 0.5) is 0 Å². The van der Waals surface area contributed by atoms with Gasteiger partial charge in [-0.3, -0.25) is 4.90 Å². The molecule has 0 spiro atoms. The molecule has 2 rings (SSSR count). The molecule has 0 aromatic heterocycles. The summed E-state index contributed by atoms with van der Waals surface area (Å²) in [6.07, 6.45) is 1.69. The van der Waals surface area contributed by atoms with Gasteiger partial charge in [0.15, 0.2) is 0 Å². The molecule has 1 aliphatic rings. The Labute approximate surface area is 135 Å². The topological polar surface area (TPSA) is 37.4 Å². The molecule has 7 heteroatoms. The Morgan fingerprint density at radius 3 is 2.30 bits per heavy atom. The molecule has 0 amide bonds. The van der Waals surface area contributed by atoms with Gasteiger partial charge in [-0.25, -0.2) is 8.42 Å². The molecule has 0 radical (unpaired) electrons. The number of likely N-dealkylation sites (N-methyl/N-ethyl adjacent to an activating group) is 1. The lowest BCUT2D eigenvalue weighted by Crippen LogP contribution is -2.26. The largest absolute Gasteiger partial charge is 0.299 e. The zero-order chi connectivity index (χ0) is 14.2. The smallest absolute Gasteiger partial charge is 0.206 e. The van der Waals surface area contributed by atoms with E-state index in [4.69, 9.17) is 23.2 Å². The number of nitrogens with zero attached hydrogens (tertiary/aromatic N) is 1. The van der Waals surface area contributed by atoms with Crippen molar-refractivity contribution in [3.63, 3.8) is 0 Å². The minimum atomic E-state index is -3.51. The van der Waals surface area contributed by atoms with E-state index in [2.05, 4.69) is 0 Å². The molecule has 0 fully saturated rings. The summed E-state index contributed by atoms with van der Waals surface area (Å²) in [6.45, 7) is 6.01. The summed E-state index contributed by atoms with van der Waals surface area (Å²) in [5.74, 6) is 0. The van der Waals surface area contributed by atoms with Crippen LogP contribution in [-0.2, 0) is 9.84 Å². The van der Waals surface area contributed by atoms with Crippen LogP contribution in [0.3, 0.4) is 0 Å². The molecule has 112 valence electrons. The second-order valence-corrected chi connectivity index (χ2v) is 7.08. The van der Waals surface area contributed by atoms with E-state index in [1.54, 1.807) is 18.2 Å². The second-order valence-electron chi connectivity index (χ2n) is 4.36. The van der Waals surface area contributed by atoms with E-state index in [0.717, 1.165) is 13.1 Å². The molecular weight excluding hydrogens is 341 g/mol. The van der Waals surface area contributed by atoms with Crippen LogP contribution in [0.25, 0.3) is 6.08 Å². The molecule has 0 saturated carbocycles. The summed E-state index contributed by atoms with van der Waals surface area (Å²) in [5, 5.41) is 0.381. The van der Waals surface area contributed by atoms with E-state index in [1.807, 2.05) is 18.7 Å². The first kappa shape index (κ1) is 17.8. The van der Waals surface area contributed by atoms with E-state index < -0.39 is 9.84 Å². The first-order valence-electron chi connectivity index (χ1n) is 6.07. The molecule has 0 saturated heterocycles. The predicted molar refractivity (Wildman–Crippen MR) is 86.7 cm³/mol. The Hall–Kier alpha value is -0.260. The highest BCUT2D eigenvalue weighted by molar-refractivity contribution is 7.96. The SMILES string of the molecule is CCN(CC)CC1=Cc2ccc(Cl)c(Cl)c2S1(=O)=O.Cl. The highest BCUT2D eigenvalue weighted by atomic mass is 35.5. The van der Waals surface area contributed by atoms with Gasteiger partial charge in [-0.05, 0) is 30.8 Å². The lowest BCUT2D eigenvalue weighted by molar-refractivity contribution is 0.334. The maximum Gasteiger partial charge on any atom is 0.206 e. The lowest BCUT2D eigenvalue weighted by Gasteiger charge is -2.18. The fraction of sp³-hybridized carbons (Fsp3) is 0.385. The molecule has 1 aliphatic heterocycles. The van der Waals surface area contributed by atoms with Crippen molar-refractivity contribution < 1.29 is 8.42 Å². The zero-order valence-corrected chi connectivity index (χ0v) is 14.3. The number of rotatable bonds is 4. The average molecular weight is 357 g/mol. The van der Waals surface area contributed by atoms with Crippen molar-refractivity contribution in [3.8, 4) is 0 Å². The van der Waals surface area contributed by atoms with Crippen molar-refractivity contribution in [2.45, 2.75) is 18.7 Å². The van der Waals surface area contributed by atoms with Gasteiger partial charge in [0.25, 0.3) is 0 Å². The summed E-state index contributed by atoms with van der Waals surface area (Å²) in [6, 6.07) is 3.31. The quantitative estimate of drug-likeness (QED) is 0.821. The van der Waals surface area contributed by atoms with Crippen molar-refractivity contribution in [2.24, 2.45) is 0 Å². The number of hydrogen-bond acceptors (Lipinski definition) is 3. The van der Waals surface area contributed by atoms with Gasteiger partial charge in [0.05, 0.1) is 19.8 Å². The van der Waals surface area contributed by atoms with Gasteiger partial charge < -0.3 is 0 Å². The van der Waals surface area contributed by atoms with Gasteiger partial charge in [0, 0.05) is 6.54 Å². The summed E-state index contributed by atoms with van der Waals surface area (Å²) in [5.41, 5.74) is 0.622. The van der Waals surface area contributed by atoms with Crippen LogP contribution in [0.2, 0.25) is 10.0 Å². The van der Waals surface area contributed by atoms with Gasteiger partial charge in [0.1, 0.15) is 0 Å². The van der Waals surface area contributed by atoms with E-state index in [0.29, 0.717) is 17.0 Å². The van der Waals surface area contributed by atoms with Crippen LogP contribution in [0, 0.1) is 0 Å². The van der Waals surface area contributed by atoms with E-state index in [1.165, 1.54) is 0 Å². The number of fused-ring (bicyclic) bond motifs is 1. The molecule has 0 aliphatic carbocycles. The van der Waals surface area contributed by atoms with E-state index in [9.17, 15) is 8.42 Å². The fourth-order valence-corrected chi connectivity index (χ4v) is 4.48. The van der Waals surface area contributed by atoms with Crippen LogP contribution in [0.1, 0.15) is 19.4 Å². The van der Waals surface area contributed by atoms with Crippen LogP contribution in [0.5, 0.6) is 0 Å². The molecular formula is C13H16Cl3NO2S. The fourth-order valence-electron chi connectivity index (χ4n) is 2.11. The summed E-state index contributed by atoms with van der Waals surface area (Å²) in [4.78, 5) is 2.57. The molecule has 3 nitrogen and oxygen atoms in total. The molecule has 0 atom stereocenters. The highest BCUT2D eigenvalue weighted by Gasteiger charge is 2.33. The van der Waals surface area contributed by atoms with Gasteiger partial charge in [0.2, 0.25) is 9.84 Å². The maximum absolute atomic E-state index is 12.5. The van der Waals surface area contributed by atoms with Crippen molar-refractivity contribution in [3.05, 3.63) is 32.6 Å². The average Bonchev–Trinajstić information content (AvgIpc) is 2.62. The maximum atomic E-state index is 12.5. The van der Waals surface area contributed by atoms with Crippen LogP contribution < -0.4 is 0 Å². The third-order valence-electron chi connectivity index (χ3n) is 3.28. The second kappa shape index (κ2) is 6.67. The first-order chi connectivity index (χ1) is 8.91. The minimum Gasteiger partial charge on any atom is -0.299 e. The summed E-state index contributed by atoms with van der Waals surface area (Å²) in [7, 11) is -3.51. The lowest BCUT2D eigenvalue weighted by atomic mass is 10.2.